The molecule has 1 saturated heterocycles. The summed E-state index contributed by atoms with van der Waals surface area (Å²) in [6, 6.07) is 3.95. The van der Waals surface area contributed by atoms with Crippen LogP contribution in [0.1, 0.15) is 24.5 Å². The van der Waals surface area contributed by atoms with Crippen LogP contribution in [-0.4, -0.2) is 28.0 Å². The van der Waals surface area contributed by atoms with Crippen LogP contribution in [0.2, 0.25) is 0 Å². The second-order valence-corrected chi connectivity index (χ2v) is 5.56. The van der Waals surface area contributed by atoms with E-state index in [0.717, 1.165) is 11.4 Å². The molecule has 3 nitrogen and oxygen atoms in total. The lowest BCUT2D eigenvalue weighted by atomic mass is 10.0. The summed E-state index contributed by atoms with van der Waals surface area (Å²) in [6.07, 6.45) is 6.76. The normalized spacial score (nSPS) is 20.6. The van der Waals surface area contributed by atoms with Crippen molar-refractivity contribution in [2.75, 3.05) is 18.6 Å². The van der Waals surface area contributed by atoms with Gasteiger partial charge in [0.1, 0.15) is 11.4 Å². The predicted octanol–water partition coefficient (Wildman–Crippen LogP) is 2.95. The molecule has 1 atom stereocenters. The molecule has 1 fully saturated rings. The maximum atomic E-state index is 5.22. The van der Waals surface area contributed by atoms with Gasteiger partial charge in [-0.1, -0.05) is 0 Å². The van der Waals surface area contributed by atoms with Crippen molar-refractivity contribution in [1.29, 1.82) is 0 Å². The zero-order valence-corrected chi connectivity index (χ0v) is 10.7. The van der Waals surface area contributed by atoms with E-state index >= 15 is 0 Å². The molecule has 0 spiro atoms. The summed E-state index contributed by atoms with van der Waals surface area (Å²) in [4.78, 5) is 4.71. The van der Waals surface area contributed by atoms with Crippen molar-refractivity contribution in [3.8, 4) is 5.75 Å². The molecule has 2 aromatic rings. The zero-order chi connectivity index (χ0) is 11.7. The summed E-state index contributed by atoms with van der Waals surface area (Å²) in [5, 5.41) is 0. The molecule has 0 amide bonds. The quantitative estimate of drug-likeness (QED) is 0.817. The minimum Gasteiger partial charge on any atom is -0.497 e. The number of methoxy groups -OCH3 is 1. The SMILES string of the molecule is COc1ccn2cc(C3CCCSC3)nc2c1. The first kappa shape index (κ1) is 11.0. The van der Waals surface area contributed by atoms with Crippen LogP contribution in [0.4, 0.5) is 0 Å². The van der Waals surface area contributed by atoms with E-state index in [1.54, 1.807) is 7.11 Å². The first-order valence-electron chi connectivity index (χ1n) is 5.97. The van der Waals surface area contributed by atoms with E-state index in [1.165, 1.54) is 30.0 Å². The van der Waals surface area contributed by atoms with Crippen molar-refractivity contribution in [3.05, 3.63) is 30.2 Å². The third-order valence-corrected chi connectivity index (χ3v) is 4.48. The van der Waals surface area contributed by atoms with Crippen LogP contribution in [0, 0.1) is 0 Å². The van der Waals surface area contributed by atoms with E-state index < -0.39 is 0 Å². The molecule has 2 aromatic heterocycles. The Morgan fingerprint density at radius 3 is 3.24 bits per heavy atom. The minimum atomic E-state index is 0.625. The Bertz CT molecular complexity index is 517. The standard InChI is InChI=1S/C13H16N2OS/c1-16-11-4-5-15-8-12(14-13(15)7-11)10-3-2-6-17-9-10/h4-5,7-8,10H,2-3,6,9H2,1H3. The molecule has 90 valence electrons. The first-order chi connectivity index (χ1) is 8.36. The van der Waals surface area contributed by atoms with E-state index in [9.17, 15) is 0 Å². The Kier molecular flexibility index (Phi) is 2.97. The highest BCUT2D eigenvalue weighted by Gasteiger charge is 2.18. The number of imidazole rings is 1. The van der Waals surface area contributed by atoms with Gasteiger partial charge in [0.05, 0.1) is 12.8 Å². The maximum absolute atomic E-state index is 5.22. The average Bonchev–Trinajstić information content (AvgIpc) is 2.82. The molecule has 4 heteroatoms. The van der Waals surface area contributed by atoms with Gasteiger partial charge in [-0.25, -0.2) is 4.98 Å². The van der Waals surface area contributed by atoms with E-state index in [1.807, 2.05) is 30.1 Å². The van der Waals surface area contributed by atoms with E-state index in [4.69, 9.17) is 9.72 Å². The van der Waals surface area contributed by atoms with E-state index in [0.29, 0.717) is 5.92 Å². The molecule has 0 N–H and O–H groups in total. The average molecular weight is 248 g/mol. The molecule has 3 rings (SSSR count). The number of fused-ring (bicyclic) bond motifs is 1. The Morgan fingerprint density at radius 1 is 1.53 bits per heavy atom. The fourth-order valence-corrected chi connectivity index (χ4v) is 3.44. The lowest BCUT2D eigenvalue weighted by Crippen LogP contribution is -2.08. The highest BCUT2D eigenvalue weighted by molar-refractivity contribution is 7.99. The van der Waals surface area contributed by atoms with Crippen LogP contribution in [0.5, 0.6) is 5.75 Å². The van der Waals surface area contributed by atoms with Gasteiger partial charge < -0.3 is 9.14 Å². The molecule has 0 aliphatic carbocycles. The number of ether oxygens (including phenoxy) is 1. The highest BCUT2D eigenvalue weighted by atomic mass is 32.2. The van der Waals surface area contributed by atoms with Crippen LogP contribution in [0.25, 0.3) is 5.65 Å². The van der Waals surface area contributed by atoms with Gasteiger partial charge in [-0.05, 0) is 24.7 Å². The van der Waals surface area contributed by atoms with Gasteiger partial charge in [0.2, 0.25) is 0 Å². The summed E-state index contributed by atoms with van der Waals surface area (Å²) in [7, 11) is 1.69. The molecule has 0 aromatic carbocycles. The van der Waals surface area contributed by atoms with Crippen LogP contribution in [-0.2, 0) is 0 Å². The van der Waals surface area contributed by atoms with Crippen LogP contribution in [0.15, 0.2) is 24.5 Å². The fraction of sp³-hybridized carbons (Fsp3) is 0.462. The van der Waals surface area contributed by atoms with Gasteiger partial charge in [0.15, 0.2) is 0 Å². The van der Waals surface area contributed by atoms with Gasteiger partial charge in [-0.3, -0.25) is 0 Å². The Balaban J connectivity index is 1.95. The number of hydrogen-bond acceptors (Lipinski definition) is 3. The minimum absolute atomic E-state index is 0.625. The number of thioether (sulfide) groups is 1. The number of pyridine rings is 1. The molecule has 0 radical (unpaired) electrons. The molecule has 17 heavy (non-hydrogen) atoms. The van der Waals surface area contributed by atoms with E-state index in [-0.39, 0.29) is 0 Å². The topological polar surface area (TPSA) is 26.5 Å². The molecule has 0 bridgehead atoms. The smallest absolute Gasteiger partial charge is 0.140 e. The van der Waals surface area contributed by atoms with Crippen molar-refractivity contribution in [2.24, 2.45) is 0 Å². The predicted molar refractivity (Wildman–Crippen MR) is 71.0 cm³/mol. The molecular weight excluding hydrogens is 232 g/mol. The Morgan fingerprint density at radius 2 is 2.47 bits per heavy atom. The lowest BCUT2D eigenvalue weighted by Gasteiger charge is -2.18. The summed E-state index contributed by atoms with van der Waals surface area (Å²) < 4.78 is 7.30. The summed E-state index contributed by atoms with van der Waals surface area (Å²) >= 11 is 2.04. The summed E-state index contributed by atoms with van der Waals surface area (Å²) in [6.45, 7) is 0. The summed E-state index contributed by atoms with van der Waals surface area (Å²) in [5.41, 5.74) is 2.21. The van der Waals surface area contributed by atoms with Gasteiger partial charge in [0, 0.05) is 30.1 Å². The van der Waals surface area contributed by atoms with Crippen molar-refractivity contribution < 1.29 is 4.74 Å². The molecule has 1 unspecified atom stereocenters. The van der Waals surface area contributed by atoms with Crippen molar-refractivity contribution >= 4 is 17.4 Å². The Labute approximate surface area is 105 Å². The largest absolute Gasteiger partial charge is 0.497 e. The van der Waals surface area contributed by atoms with Crippen molar-refractivity contribution in [3.63, 3.8) is 0 Å². The van der Waals surface area contributed by atoms with Gasteiger partial charge in [-0.15, -0.1) is 0 Å². The monoisotopic (exact) mass is 248 g/mol. The fourth-order valence-electron chi connectivity index (χ4n) is 2.28. The van der Waals surface area contributed by atoms with Crippen LogP contribution in [0.3, 0.4) is 0 Å². The van der Waals surface area contributed by atoms with Crippen molar-refractivity contribution in [2.45, 2.75) is 18.8 Å². The van der Waals surface area contributed by atoms with Crippen LogP contribution >= 0.6 is 11.8 Å². The van der Waals surface area contributed by atoms with Gasteiger partial charge in [0.25, 0.3) is 0 Å². The number of nitrogens with zero attached hydrogens (tertiary/aromatic N) is 2. The van der Waals surface area contributed by atoms with Crippen molar-refractivity contribution in [1.82, 2.24) is 9.38 Å². The number of hydrogen-bond donors (Lipinski definition) is 0. The zero-order valence-electron chi connectivity index (χ0n) is 9.93. The lowest BCUT2D eigenvalue weighted by molar-refractivity contribution is 0.414. The molecule has 1 aliphatic heterocycles. The third-order valence-electron chi connectivity index (χ3n) is 3.26. The molecular formula is C13H16N2OS. The first-order valence-corrected chi connectivity index (χ1v) is 7.12. The highest BCUT2D eigenvalue weighted by Crippen LogP contribution is 2.31. The third kappa shape index (κ3) is 2.14. The maximum Gasteiger partial charge on any atom is 0.140 e. The van der Waals surface area contributed by atoms with Crippen LogP contribution < -0.4 is 4.74 Å². The summed E-state index contributed by atoms with van der Waals surface area (Å²) in [5.74, 6) is 4.01. The number of aromatic nitrogens is 2. The Hall–Kier alpha value is -1.16. The molecule has 3 heterocycles. The van der Waals surface area contributed by atoms with E-state index in [2.05, 4.69) is 10.6 Å². The van der Waals surface area contributed by atoms with Gasteiger partial charge >= 0.3 is 0 Å². The molecule has 0 saturated carbocycles. The second kappa shape index (κ2) is 4.61. The second-order valence-electron chi connectivity index (χ2n) is 4.41. The molecule has 1 aliphatic rings. The van der Waals surface area contributed by atoms with Gasteiger partial charge in [-0.2, -0.15) is 11.8 Å². The number of rotatable bonds is 2.